The summed E-state index contributed by atoms with van der Waals surface area (Å²) < 4.78 is 0. The molecule has 0 amide bonds. The zero-order chi connectivity index (χ0) is 10.6. The highest BCUT2D eigenvalue weighted by Gasteiger charge is 2.29. The van der Waals surface area contributed by atoms with E-state index in [1.165, 1.54) is 19.3 Å². The standard InChI is InChI=1S/C12H23NO/c1-3-9(2)12(14)10-7-5-4-6-8-11(10)13/h9-11H,3-8,13H2,1-2H3. The molecular weight excluding hydrogens is 174 g/mol. The summed E-state index contributed by atoms with van der Waals surface area (Å²) >= 11 is 0. The van der Waals surface area contributed by atoms with Crippen molar-refractivity contribution >= 4 is 5.78 Å². The van der Waals surface area contributed by atoms with E-state index in [1.54, 1.807) is 0 Å². The fraction of sp³-hybridized carbons (Fsp3) is 0.917. The van der Waals surface area contributed by atoms with Crippen LogP contribution in [-0.4, -0.2) is 11.8 Å². The van der Waals surface area contributed by atoms with E-state index < -0.39 is 0 Å². The smallest absolute Gasteiger partial charge is 0.140 e. The van der Waals surface area contributed by atoms with Gasteiger partial charge in [0.25, 0.3) is 0 Å². The van der Waals surface area contributed by atoms with Crippen LogP contribution in [-0.2, 0) is 4.79 Å². The summed E-state index contributed by atoms with van der Waals surface area (Å²) in [7, 11) is 0. The molecule has 82 valence electrons. The first kappa shape index (κ1) is 11.7. The minimum absolute atomic E-state index is 0.124. The Bertz CT molecular complexity index is 191. The number of ketones is 1. The van der Waals surface area contributed by atoms with Gasteiger partial charge in [0.05, 0.1) is 0 Å². The lowest BCUT2D eigenvalue weighted by Crippen LogP contribution is -2.37. The van der Waals surface area contributed by atoms with E-state index in [0.29, 0.717) is 5.78 Å². The molecule has 0 radical (unpaired) electrons. The van der Waals surface area contributed by atoms with Crippen molar-refractivity contribution in [2.45, 2.75) is 58.4 Å². The van der Waals surface area contributed by atoms with Crippen molar-refractivity contribution in [3.63, 3.8) is 0 Å². The Balaban J connectivity index is 2.58. The quantitative estimate of drug-likeness (QED) is 0.706. The van der Waals surface area contributed by atoms with Crippen molar-refractivity contribution in [1.29, 1.82) is 0 Å². The van der Waals surface area contributed by atoms with Crippen molar-refractivity contribution < 1.29 is 4.79 Å². The van der Waals surface area contributed by atoms with Crippen LogP contribution >= 0.6 is 0 Å². The molecule has 3 unspecified atom stereocenters. The molecule has 0 aliphatic heterocycles. The van der Waals surface area contributed by atoms with E-state index >= 15 is 0 Å². The summed E-state index contributed by atoms with van der Waals surface area (Å²) in [6.45, 7) is 4.10. The summed E-state index contributed by atoms with van der Waals surface area (Å²) in [5.74, 6) is 0.749. The fourth-order valence-electron chi connectivity index (χ4n) is 2.26. The first-order valence-corrected chi connectivity index (χ1v) is 5.96. The predicted molar refractivity (Wildman–Crippen MR) is 59.0 cm³/mol. The van der Waals surface area contributed by atoms with Crippen LogP contribution in [0.2, 0.25) is 0 Å². The molecule has 0 heterocycles. The van der Waals surface area contributed by atoms with Crippen LogP contribution in [0.5, 0.6) is 0 Å². The second-order valence-corrected chi connectivity index (χ2v) is 4.62. The molecule has 0 aromatic rings. The maximum Gasteiger partial charge on any atom is 0.140 e. The molecule has 1 aliphatic carbocycles. The molecule has 3 atom stereocenters. The minimum Gasteiger partial charge on any atom is -0.327 e. The van der Waals surface area contributed by atoms with E-state index in [9.17, 15) is 4.79 Å². The summed E-state index contributed by atoms with van der Waals surface area (Å²) in [5, 5.41) is 0. The van der Waals surface area contributed by atoms with E-state index in [2.05, 4.69) is 6.92 Å². The molecule has 0 spiro atoms. The van der Waals surface area contributed by atoms with Crippen molar-refractivity contribution in [1.82, 2.24) is 0 Å². The van der Waals surface area contributed by atoms with Crippen LogP contribution in [0.1, 0.15) is 52.4 Å². The van der Waals surface area contributed by atoms with Gasteiger partial charge in [-0.25, -0.2) is 0 Å². The van der Waals surface area contributed by atoms with Crippen LogP contribution in [0.3, 0.4) is 0 Å². The molecule has 2 N–H and O–H groups in total. The highest BCUT2D eigenvalue weighted by molar-refractivity contribution is 5.83. The minimum atomic E-state index is 0.124. The number of hydrogen-bond donors (Lipinski definition) is 1. The van der Waals surface area contributed by atoms with Crippen molar-refractivity contribution in [3.8, 4) is 0 Å². The van der Waals surface area contributed by atoms with Gasteiger partial charge >= 0.3 is 0 Å². The van der Waals surface area contributed by atoms with Crippen LogP contribution in [0.25, 0.3) is 0 Å². The Labute approximate surface area is 87.2 Å². The molecular formula is C12H23NO. The third-order valence-electron chi connectivity index (χ3n) is 3.53. The summed E-state index contributed by atoms with van der Waals surface area (Å²) in [6.07, 6.45) is 6.63. The summed E-state index contributed by atoms with van der Waals surface area (Å²) in [5.41, 5.74) is 6.05. The van der Waals surface area contributed by atoms with Gasteiger partial charge in [0.2, 0.25) is 0 Å². The SMILES string of the molecule is CCC(C)C(=O)C1CCCCCC1N. The van der Waals surface area contributed by atoms with Gasteiger partial charge < -0.3 is 5.73 Å². The summed E-state index contributed by atoms with van der Waals surface area (Å²) in [4.78, 5) is 12.0. The van der Waals surface area contributed by atoms with Crippen LogP contribution < -0.4 is 5.73 Å². The third kappa shape index (κ3) is 2.81. The molecule has 2 heteroatoms. The lowest BCUT2D eigenvalue weighted by molar-refractivity contribution is -0.127. The normalized spacial score (nSPS) is 30.8. The molecule has 0 aromatic carbocycles. The number of carbonyl (C=O) groups is 1. The zero-order valence-electron chi connectivity index (χ0n) is 9.46. The van der Waals surface area contributed by atoms with Crippen molar-refractivity contribution in [2.24, 2.45) is 17.6 Å². The molecule has 0 saturated heterocycles. The van der Waals surface area contributed by atoms with Gasteiger partial charge in [0.15, 0.2) is 0 Å². The number of rotatable bonds is 3. The maximum atomic E-state index is 12.0. The van der Waals surface area contributed by atoms with Gasteiger partial charge in [-0.3, -0.25) is 4.79 Å². The predicted octanol–water partition coefficient (Wildman–Crippen LogP) is 2.51. The first-order valence-electron chi connectivity index (χ1n) is 5.96. The molecule has 1 rings (SSSR count). The highest BCUT2D eigenvalue weighted by atomic mass is 16.1. The molecule has 1 fully saturated rings. The second kappa shape index (κ2) is 5.50. The van der Waals surface area contributed by atoms with E-state index in [1.807, 2.05) is 6.92 Å². The summed E-state index contributed by atoms with van der Waals surface area (Å²) in [6, 6.07) is 0.124. The van der Waals surface area contributed by atoms with Crippen molar-refractivity contribution in [3.05, 3.63) is 0 Å². The average Bonchev–Trinajstić information content (AvgIpc) is 2.40. The highest BCUT2D eigenvalue weighted by Crippen LogP contribution is 2.25. The van der Waals surface area contributed by atoms with Gasteiger partial charge in [-0.1, -0.05) is 33.1 Å². The van der Waals surface area contributed by atoms with E-state index in [0.717, 1.165) is 19.3 Å². The molecule has 1 saturated carbocycles. The van der Waals surface area contributed by atoms with Crippen LogP contribution in [0, 0.1) is 11.8 Å². The molecule has 0 bridgehead atoms. The van der Waals surface area contributed by atoms with Crippen LogP contribution in [0.4, 0.5) is 0 Å². The van der Waals surface area contributed by atoms with Crippen molar-refractivity contribution in [2.75, 3.05) is 0 Å². The maximum absolute atomic E-state index is 12.0. The van der Waals surface area contributed by atoms with E-state index in [-0.39, 0.29) is 17.9 Å². The Morgan fingerprint density at radius 3 is 2.64 bits per heavy atom. The Hall–Kier alpha value is -0.370. The van der Waals surface area contributed by atoms with E-state index in [4.69, 9.17) is 5.73 Å². The largest absolute Gasteiger partial charge is 0.327 e. The van der Waals surface area contributed by atoms with Gasteiger partial charge in [-0.15, -0.1) is 0 Å². The Morgan fingerprint density at radius 1 is 1.36 bits per heavy atom. The second-order valence-electron chi connectivity index (χ2n) is 4.62. The van der Waals surface area contributed by atoms with Crippen LogP contribution in [0.15, 0.2) is 0 Å². The average molecular weight is 197 g/mol. The van der Waals surface area contributed by atoms with Gasteiger partial charge in [-0.05, 0) is 19.3 Å². The molecule has 14 heavy (non-hydrogen) atoms. The topological polar surface area (TPSA) is 43.1 Å². The fourth-order valence-corrected chi connectivity index (χ4v) is 2.26. The van der Waals surface area contributed by atoms with Gasteiger partial charge in [0.1, 0.15) is 5.78 Å². The molecule has 0 aromatic heterocycles. The number of nitrogens with two attached hydrogens (primary N) is 1. The number of carbonyl (C=O) groups excluding carboxylic acids is 1. The lowest BCUT2D eigenvalue weighted by atomic mass is 9.84. The third-order valence-corrected chi connectivity index (χ3v) is 3.53. The Kier molecular flexibility index (Phi) is 4.59. The monoisotopic (exact) mass is 197 g/mol. The number of Topliss-reactive ketones (excluding diaryl/α,β-unsaturated/α-hetero) is 1. The lowest BCUT2D eigenvalue weighted by Gasteiger charge is -2.22. The Morgan fingerprint density at radius 2 is 2.00 bits per heavy atom. The molecule has 1 aliphatic rings. The number of hydrogen-bond acceptors (Lipinski definition) is 2. The first-order chi connectivity index (χ1) is 6.66. The van der Waals surface area contributed by atoms with Gasteiger partial charge in [0, 0.05) is 17.9 Å². The molecule has 2 nitrogen and oxygen atoms in total. The van der Waals surface area contributed by atoms with Gasteiger partial charge in [-0.2, -0.15) is 0 Å². The zero-order valence-corrected chi connectivity index (χ0v) is 9.46.